The van der Waals surface area contributed by atoms with Crippen LogP contribution in [0.2, 0.25) is 0 Å². The summed E-state index contributed by atoms with van der Waals surface area (Å²) in [6, 6.07) is 5.84. The average molecular weight is 426 g/mol. The maximum absolute atomic E-state index is 13.4. The van der Waals surface area contributed by atoms with E-state index in [1.54, 1.807) is 0 Å². The number of rotatable bonds is 5. The molecular formula is C23H33N6O2+. The zero-order chi connectivity index (χ0) is 22.3. The van der Waals surface area contributed by atoms with Gasteiger partial charge in [-0.1, -0.05) is 19.1 Å². The van der Waals surface area contributed by atoms with Crippen molar-refractivity contribution in [3.8, 4) is 0 Å². The van der Waals surface area contributed by atoms with E-state index in [0.717, 1.165) is 41.5 Å². The number of piperidine rings is 1. The number of pyridine rings is 1. The Kier molecular flexibility index (Phi) is 5.70. The fraction of sp³-hybridized carbons (Fsp3) is 0.565. The smallest absolute Gasteiger partial charge is 0.258 e. The molecule has 1 atom stereocenters. The molecule has 1 saturated heterocycles. The molecule has 1 aromatic carbocycles. The number of quaternary nitrogens is 1. The molecule has 166 valence electrons. The SMILES string of the molecule is CCC(C)(C)n1nnnc1[C@@H](c1cc2ccc(C)c(C)c2[nH]c1=O)[NH+]1CCC(O)CC1. The highest BCUT2D eigenvalue weighted by molar-refractivity contribution is 5.83. The maximum atomic E-state index is 13.4. The third kappa shape index (κ3) is 3.90. The van der Waals surface area contributed by atoms with Crippen molar-refractivity contribution in [2.75, 3.05) is 13.1 Å². The standard InChI is InChI=1S/C23H32N6O2/c1-6-23(4,5)29-21(25-26-27-29)20(28-11-9-17(30)10-12-28)18-13-16-8-7-14(2)15(3)19(16)24-22(18)31/h7-8,13,17,20,30H,6,9-12H2,1-5H3,(H,24,31)/p+1/t20-/m1/s1. The lowest BCUT2D eigenvalue weighted by Gasteiger charge is -2.34. The van der Waals surface area contributed by atoms with Gasteiger partial charge in [0.05, 0.1) is 35.8 Å². The van der Waals surface area contributed by atoms with Crippen LogP contribution >= 0.6 is 0 Å². The second-order valence-electron chi connectivity index (χ2n) is 9.46. The Morgan fingerprint density at radius 3 is 2.68 bits per heavy atom. The van der Waals surface area contributed by atoms with Crippen molar-refractivity contribution in [2.24, 2.45) is 0 Å². The number of aliphatic hydroxyl groups excluding tert-OH is 1. The molecule has 0 saturated carbocycles. The molecule has 0 bridgehead atoms. The third-order valence-electron chi connectivity index (χ3n) is 7.09. The molecule has 8 heteroatoms. The molecule has 1 aliphatic rings. The van der Waals surface area contributed by atoms with E-state index in [-0.39, 0.29) is 23.2 Å². The Morgan fingerprint density at radius 2 is 2.00 bits per heavy atom. The van der Waals surface area contributed by atoms with Crippen LogP contribution in [0.5, 0.6) is 0 Å². The maximum Gasteiger partial charge on any atom is 0.258 e. The first kappa shape index (κ1) is 21.6. The number of aryl methyl sites for hydroxylation is 2. The van der Waals surface area contributed by atoms with E-state index < -0.39 is 0 Å². The second kappa shape index (κ2) is 8.16. The number of nitrogens with zero attached hydrogens (tertiary/aromatic N) is 4. The van der Waals surface area contributed by atoms with Crippen LogP contribution in [0.3, 0.4) is 0 Å². The van der Waals surface area contributed by atoms with Crippen LogP contribution in [0.15, 0.2) is 23.0 Å². The molecule has 1 aliphatic heterocycles. The average Bonchev–Trinajstić information content (AvgIpc) is 3.24. The first-order chi connectivity index (χ1) is 14.7. The van der Waals surface area contributed by atoms with Crippen LogP contribution < -0.4 is 10.5 Å². The number of aromatic amines is 1. The van der Waals surface area contributed by atoms with Crippen LogP contribution in [0, 0.1) is 13.8 Å². The minimum atomic E-state index is -0.303. The van der Waals surface area contributed by atoms with Crippen LogP contribution in [0.1, 0.15) is 68.6 Å². The second-order valence-corrected chi connectivity index (χ2v) is 9.46. The Bertz CT molecular complexity index is 1140. The summed E-state index contributed by atoms with van der Waals surface area (Å²) in [6.45, 7) is 11.9. The summed E-state index contributed by atoms with van der Waals surface area (Å²) >= 11 is 0. The highest BCUT2D eigenvalue weighted by atomic mass is 16.3. The lowest BCUT2D eigenvalue weighted by molar-refractivity contribution is -0.932. The highest BCUT2D eigenvalue weighted by Crippen LogP contribution is 2.26. The van der Waals surface area contributed by atoms with E-state index in [4.69, 9.17) is 0 Å². The summed E-state index contributed by atoms with van der Waals surface area (Å²) in [5, 5.41) is 23.8. The molecule has 2 aromatic heterocycles. The number of likely N-dealkylation sites (tertiary alicyclic amines) is 1. The van der Waals surface area contributed by atoms with Crippen LogP contribution in [0.25, 0.3) is 10.9 Å². The van der Waals surface area contributed by atoms with Gasteiger partial charge < -0.3 is 15.0 Å². The van der Waals surface area contributed by atoms with E-state index in [0.29, 0.717) is 24.2 Å². The Balaban J connectivity index is 1.91. The van der Waals surface area contributed by atoms with Crippen molar-refractivity contribution < 1.29 is 10.0 Å². The largest absolute Gasteiger partial charge is 0.393 e. The van der Waals surface area contributed by atoms with E-state index in [1.165, 1.54) is 4.90 Å². The normalized spacial score (nSPS) is 20.8. The van der Waals surface area contributed by atoms with E-state index >= 15 is 0 Å². The number of fused-ring (bicyclic) bond motifs is 1. The molecule has 8 nitrogen and oxygen atoms in total. The zero-order valence-corrected chi connectivity index (χ0v) is 19.1. The molecule has 3 N–H and O–H groups in total. The zero-order valence-electron chi connectivity index (χ0n) is 19.1. The van der Waals surface area contributed by atoms with Gasteiger partial charge in [0.25, 0.3) is 5.56 Å². The number of nitrogens with one attached hydrogen (secondary N) is 2. The topological polar surface area (TPSA) is 101 Å². The van der Waals surface area contributed by atoms with Crippen molar-refractivity contribution in [1.82, 2.24) is 25.2 Å². The van der Waals surface area contributed by atoms with Gasteiger partial charge in [-0.2, -0.15) is 0 Å². The Morgan fingerprint density at radius 1 is 1.29 bits per heavy atom. The summed E-state index contributed by atoms with van der Waals surface area (Å²) in [7, 11) is 0. The number of hydrogen-bond donors (Lipinski definition) is 3. The monoisotopic (exact) mass is 425 g/mol. The number of hydrogen-bond acceptors (Lipinski definition) is 5. The number of aliphatic hydroxyl groups is 1. The number of benzene rings is 1. The first-order valence-corrected chi connectivity index (χ1v) is 11.2. The molecule has 0 amide bonds. The molecule has 3 heterocycles. The minimum Gasteiger partial charge on any atom is -0.393 e. The Hall–Kier alpha value is -2.58. The van der Waals surface area contributed by atoms with Crippen molar-refractivity contribution in [3.05, 3.63) is 51.1 Å². The van der Waals surface area contributed by atoms with Gasteiger partial charge in [-0.25, -0.2) is 4.68 Å². The molecule has 0 aliphatic carbocycles. The molecule has 0 radical (unpaired) electrons. The van der Waals surface area contributed by atoms with Gasteiger partial charge in [-0.15, -0.1) is 5.10 Å². The molecule has 0 unspecified atom stereocenters. The van der Waals surface area contributed by atoms with Crippen molar-refractivity contribution in [2.45, 2.75) is 71.6 Å². The predicted octanol–water partition coefficient (Wildman–Crippen LogP) is 1.41. The summed E-state index contributed by atoms with van der Waals surface area (Å²) in [6.07, 6.45) is 1.98. The van der Waals surface area contributed by atoms with E-state index in [2.05, 4.69) is 53.4 Å². The van der Waals surface area contributed by atoms with Gasteiger partial charge in [-0.3, -0.25) is 4.79 Å². The van der Waals surface area contributed by atoms with E-state index in [1.807, 2.05) is 24.6 Å². The highest BCUT2D eigenvalue weighted by Gasteiger charge is 2.38. The number of H-pyrrole nitrogens is 1. The minimum absolute atomic E-state index is 0.103. The van der Waals surface area contributed by atoms with Crippen LogP contribution in [-0.2, 0) is 5.54 Å². The molecule has 31 heavy (non-hydrogen) atoms. The molecule has 1 fully saturated rings. The number of aromatic nitrogens is 5. The van der Waals surface area contributed by atoms with Crippen LogP contribution in [-0.4, -0.2) is 49.5 Å². The lowest BCUT2D eigenvalue weighted by atomic mass is 9.96. The lowest BCUT2D eigenvalue weighted by Crippen LogP contribution is -3.14. The van der Waals surface area contributed by atoms with Crippen molar-refractivity contribution in [3.63, 3.8) is 0 Å². The summed E-state index contributed by atoms with van der Waals surface area (Å²) < 4.78 is 1.87. The summed E-state index contributed by atoms with van der Waals surface area (Å²) in [5.41, 5.74) is 3.41. The summed E-state index contributed by atoms with van der Waals surface area (Å²) in [4.78, 5) is 17.7. The molecule has 0 spiro atoms. The van der Waals surface area contributed by atoms with Gasteiger partial charge in [0.15, 0.2) is 6.04 Å². The molecular weight excluding hydrogens is 392 g/mol. The third-order valence-corrected chi connectivity index (χ3v) is 7.09. The van der Waals surface area contributed by atoms with Crippen molar-refractivity contribution in [1.29, 1.82) is 0 Å². The molecule has 3 aromatic rings. The van der Waals surface area contributed by atoms with E-state index in [9.17, 15) is 9.90 Å². The van der Waals surface area contributed by atoms with Gasteiger partial charge in [0, 0.05) is 12.8 Å². The predicted molar refractivity (Wildman–Crippen MR) is 119 cm³/mol. The van der Waals surface area contributed by atoms with Gasteiger partial charge in [-0.05, 0) is 67.1 Å². The summed E-state index contributed by atoms with van der Waals surface area (Å²) in [5.74, 6) is 0.701. The van der Waals surface area contributed by atoms with Gasteiger partial charge in [0.1, 0.15) is 0 Å². The Labute approximate surface area is 182 Å². The fourth-order valence-corrected chi connectivity index (χ4v) is 4.51. The van der Waals surface area contributed by atoms with Gasteiger partial charge in [0.2, 0.25) is 5.82 Å². The van der Waals surface area contributed by atoms with Crippen LogP contribution in [0.4, 0.5) is 0 Å². The fourth-order valence-electron chi connectivity index (χ4n) is 4.51. The number of tetrazole rings is 1. The molecule has 4 rings (SSSR count). The first-order valence-electron chi connectivity index (χ1n) is 11.2. The van der Waals surface area contributed by atoms with Crippen molar-refractivity contribution >= 4 is 10.9 Å². The van der Waals surface area contributed by atoms with Gasteiger partial charge >= 0.3 is 0 Å². The quantitative estimate of drug-likeness (QED) is 0.574.